The van der Waals surface area contributed by atoms with Gasteiger partial charge >= 0.3 is 0 Å². The first-order valence-corrected chi connectivity index (χ1v) is 7.96. The molecule has 3 nitrogen and oxygen atoms in total. The van der Waals surface area contributed by atoms with Crippen LogP contribution in [0, 0.1) is 17.8 Å². The van der Waals surface area contributed by atoms with Crippen LogP contribution in [0.25, 0.3) is 0 Å². The number of nitrogens with one attached hydrogen (secondary N) is 1. The summed E-state index contributed by atoms with van der Waals surface area (Å²) in [5.41, 5.74) is 0. The van der Waals surface area contributed by atoms with E-state index >= 15 is 0 Å². The fourth-order valence-corrected chi connectivity index (χ4v) is 3.18. The normalized spacial score (nSPS) is 26.5. The number of carbonyl (C=O) groups is 1. The minimum absolute atomic E-state index is 0.0844. The molecule has 0 aromatic carbocycles. The van der Waals surface area contributed by atoms with Gasteiger partial charge in [-0.3, -0.25) is 4.79 Å². The first kappa shape index (κ1) is 14.8. The zero-order chi connectivity index (χ0) is 12.7. The molecule has 1 amide bonds. The molecule has 1 aliphatic carbocycles. The predicted octanol–water partition coefficient (Wildman–Crippen LogP) is 1.90. The van der Waals surface area contributed by atoms with E-state index < -0.39 is 0 Å². The van der Waals surface area contributed by atoms with Crippen molar-refractivity contribution in [2.75, 3.05) is 25.2 Å². The Balaban J connectivity index is 2.30. The third kappa shape index (κ3) is 4.88. The minimum Gasteiger partial charge on any atom is -0.396 e. The summed E-state index contributed by atoms with van der Waals surface area (Å²) >= 11 is 1.70. The van der Waals surface area contributed by atoms with Crippen LogP contribution in [0.1, 0.15) is 32.6 Å². The standard InChI is InChI=1S/C13H25NO2S/c1-10(9-17-2)13(16)14-7-11-5-3-4-6-12(11)8-15/h10-12,15H,3-9H2,1-2H3,(H,14,16). The second-order valence-corrected chi connectivity index (χ2v) is 6.00. The molecule has 0 radical (unpaired) electrons. The number of thioether (sulfide) groups is 1. The second-order valence-electron chi connectivity index (χ2n) is 5.09. The van der Waals surface area contributed by atoms with Gasteiger partial charge in [0.05, 0.1) is 0 Å². The molecule has 3 unspecified atom stereocenters. The van der Waals surface area contributed by atoms with Gasteiger partial charge in [-0.25, -0.2) is 0 Å². The molecule has 0 heterocycles. The minimum atomic E-state index is 0.0844. The van der Waals surface area contributed by atoms with Gasteiger partial charge in [0.25, 0.3) is 0 Å². The van der Waals surface area contributed by atoms with Crippen molar-refractivity contribution < 1.29 is 9.90 Å². The van der Waals surface area contributed by atoms with Crippen LogP contribution in [0.3, 0.4) is 0 Å². The lowest BCUT2D eigenvalue weighted by Crippen LogP contribution is -2.38. The highest BCUT2D eigenvalue weighted by Crippen LogP contribution is 2.29. The third-order valence-corrected chi connectivity index (χ3v) is 4.54. The summed E-state index contributed by atoms with van der Waals surface area (Å²) in [4.78, 5) is 11.8. The average Bonchev–Trinajstić information content (AvgIpc) is 2.36. The van der Waals surface area contributed by atoms with Crippen molar-refractivity contribution in [3.8, 4) is 0 Å². The quantitative estimate of drug-likeness (QED) is 0.766. The van der Waals surface area contributed by atoms with Gasteiger partial charge in [-0.05, 0) is 30.9 Å². The Morgan fingerprint density at radius 1 is 1.41 bits per heavy atom. The van der Waals surface area contributed by atoms with Crippen LogP contribution in [0.15, 0.2) is 0 Å². The van der Waals surface area contributed by atoms with Crippen molar-refractivity contribution in [2.24, 2.45) is 17.8 Å². The number of hydrogen-bond donors (Lipinski definition) is 2. The van der Waals surface area contributed by atoms with Gasteiger partial charge < -0.3 is 10.4 Å². The number of amides is 1. The molecular weight excluding hydrogens is 234 g/mol. The molecule has 0 aromatic rings. The fourth-order valence-electron chi connectivity index (χ4n) is 2.53. The highest BCUT2D eigenvalue weighted by Gasteiger charge is 2.25. The first-order valence-electron chi connectivity index (χ1n) is 6.56. The van der Waals surface area contributed by atoms with E-state index in [1.807, 2.05) is 13.2 Å². The van der Waals surface area contributed by atoms with Gasteiger partial charge in [0.1, 0.15) is 0 Å². The van der Waals surface area contributed by atoms with Crippen LogP contribution in [0.5, 0.6) is 0 Å². The molecule has 1 rings (SSSR count). The Hall–Kier alpha value is -0.220. The Kier molecular flexibility index (Phi) is 6.97. The van der Waals surface area contributed by atoms with Crippen molar-refractivity contribution in [1.82, 2.24) is 5.32 Å². The Morgan fingerprint density at radius 2 is 2.06 bits per heavy atom. The van der Waals surface area contributed by atoms with Crippen LogP contribution in [0.2, 0.25) is 0 Å². The summed E-state index contributed by atoms with van der Waals surface area (Å²) < 4.78 is 0. The van der Waals surface area contributed by atoms with Crippen LogP contribution >= 0.6 is 11.8 Å². The van der Waals surface area contributed by atoms with Crippen LogP contribution in [-0.4, -0.2) is 36.2 Å². The number of rotatable bonds is 6. The number of hydrogen-bond acceptors (Lipinski definition) is 3. The SMILES string of the molecule is CSCC(C)C(=O)NCC1CCCCC1CO. The molecule has 0 aromatic heterocycles. The summed E-state index contributed by atoms with van der Waals surface area (Å²) in [6.45, 7) is 2.97. The van der Waals surface area contributed by atoms with Crippen molar-refractivity contribution in [3.05, 3.63) is 0 Å². The zero-order valence-corrected chi connectivity index (χ0v) is 11.8. The Labute approximate surface area is 109 Å². The molecule has 0 saturated heterocycles. The largest absolute Gasteiger partial charge is 0.396 e. The summed E-state index contributed by atoms with van der Waals surface area (Å²) in [5.74, 6) is 1.97. The maximum absolute atomic E-state index is 11.8. The Bertz CT molecular complexity index is 235. The zero-order valence-electron chi connectivity index (χ0n) is 10.9. The predicted molar refractivity (Wildman–Crippen MR) is 73.1 cm³/mol. The van der Waals surface area contributed by atoms with Gasteiger partial charge in [-0.15, -0.1) is 0 Å². The molecule has 17 heavy (non-hydrogen) atoms. The maximum atomic E-state index is 11.8. The van der Waals surface area contributed by atoms with Gasteiger partial charge in [0.2, 0.25) is 5.91 Å². The smallest absolute Gasteiger partial charge is 0.223 e. The van der Waals surface area contributed by atoms with Gasteiger partial charge in [-0.2, -0.15) is 11.8 Å². The molecule has 0 aliphatic heterocycles. The lowest BCUT2D eigenvalue weighted by Gasteiger charge is -2.30. The van der Waals surface area contributed by atoms with Crippen molar-refractivity contribution in [1.29, 1.82) is 0 Å². The lowest BCUT2D eigenvalue weighted by atomic mass is 9.79. The molecule has 1 aliphatic rings. The maximum Gasteiger partial charge on any atom is 0.223 e. The average molecular weight is 259 g/mol. The van der Waals surface area contributed by atoms with E-state index in [0.717, 1.165) is 25.1 Å². The first-order chi connectivity index (χ1) is 8.19. The third-order valence-electron chi connectivity index (χ3n) is 3.70. The van der Waals surface area contributed by atoms with E-state index in [1.165, 1.54) is 12.8 Å². The number of aliphatic hydroxyl groups excluding tert-OH is 1. The van der Waals surface area contributed by atoms with Gasteiger partial charge in [-0.1, -0.05) is 19.8 Å². The van der Waals surface area contributed by atoms with E-state index in [2.05, 4.69) is 5.32 Å². The van der Waals surface area contributed by atoms with Crippen LogP contribution in [0.4, 0.5) is 0 Å². The highest BCUT2D eigenvalue weighted by atomic mass is 32.2. The number of aliphatic hydroxyl groups is 1. The van der Waals surface area contributed by atoms with Crippen molar-refractivity contribution >= 4 is 17.7 Å². The van der Waals surface area contributed by atoms with Gasteiger partial charge in [0, 0.05) is 24.8 Å². The summed E-state index contributed by atoms with van der Waals surface area (Å²) in [6, 6.07) is 0. The van der Waals surface area contributed by atoms with E-state index in [0.29, 0.717) is 11.8 Å². The fraction of sp³-hybridized carbons (Fsp3) is 0.923. The summed E-state index contributed by atoms with van der Waals surface area (Å²) in [7, 11) is 0. The van der Waals surface area contributed by atoms with Gasteiger partial charge in [0.15, 0.2) is 0 Å². The van der Waals surface area contributed by atoms with E-state index in [-0.39, 0.29) is 18.4 Å². The molecule has 1 fully saturated rings. The van der Waals surface area contributed by atoms with E-state index in [4.69, 9.17) is 0 Å². The molecular formula is C13H25NO2S. The Morgan fingerprint density at radius 3 is 2.65 bits per heavy atom. The molecule has 3 atom stereocenters. The summed E-state index contributed by atoms with van der Waals surface area (Å²) in [5, 5.41) is 12.3. The van der Waals surface area contributed by atoms with Crippen molar-refractivity contribution in [3.63, 3.8) is 0 Å². The summed E-state index contributed by atoms with van der Waals surface area (Å²) in [6.07, 6.45) is 6.72. The molecule has 1 saturated carbocycles. The van der Waals surface area contributed by atoms with E-state index in [9.17, 15) is 9.90 Å². The van der Waals surface area contributed by atoms with Crippen LogP contribution < -0.4 is 5.32 Å². The monoisotopic (exact) mass is 259 g/mol. The molecule has 4 heteroatoms. The molecule has 100 valence electrons. The topological polar surface area (TPSA) is 49.3 Å². The van der Waals surface area contributed by atoms with Crippen LogP contribution in [-0.2, 0) is 4.79 Å². The molecule has 2 N–H and O–H groups in total. The highest BCUT2D eigenvalue weighted by molar-refractivity contribution is 7.98. The lowest BCUT2D eigenvalue weighted by molar-refractivity contribution is -0.124. The van der Waals surface area contributed by atoms with E-state index in [1.54, 1.807) is 11.8 Å². The molecule has 0 bridgehead atoms. The second kappa shape index (κ2) is 7.98. The van der Waals surface area contributed by atoms with Crippen molar-refractivity contribution in [2.45, 2.75) is 32.6 Å². The molecule has 0 spiro atoms. The number of carbonyl (C=O) groups excluding carboxylic acids is 1.